The SMILES string of the molecule is CSCCC(NC(=O)NCC(C)(C)C(N)=O)C(=O)O. The van der Waals surface area contributed by atoms with Gasteiger partial charge >= 0.3 is 12.0 Å². The summed E-state index contributed by atoms with van der Waals surface area (Å²) in [4.78, 5) is 33.5. The lowest BCUT2D eigenvalue weighted by Gasteiger charge is -2.22. The maximum absolute atomic E-state index is 11.5. The van der Waals surface area contributed by atoms with Crippen LogP contribution in [0.1, 0.15) is 20.3 Å². The second-order valence-electron chi connectivity index (χ2n) is 4.75. The van der Waals surface area contributed by atoms with Crippen molar-refractivity contribution < 1.29 is 19.5 Å². The highest BCUT2D eigenvalue weighted by Gasteiger charge is 2.26. The fourth-order valence-electron chi connectivity index (χ4n) is 1.09. The first-order chi connectivity index (χ1) is 8.70. The summed E-state index contributed by atoms with van der Waals surface area (Å²) in [5.74, 6) is -0.993. The van der Waals surface area contributed by atoms with Crippen molar-refractivity contribution in [3.63, 3.8) is 0 Å². The number of nitrogens with one attached hydrogen (secondary N) is 2. The summed E-state index contributed by atoms with van der Waals surface area (Å²) < 4.78 is 0. The van der Waals surface area contributed by atoms with Crippen LogP contribution in [0.2, 0.25) is 0 Å². The van der Waals surface area contributed by atoms with Crippen LogP contribution in [-0.4, -0.2) is 47.6 Å². The molecular formula is C11H21N3O4S. The molecule has 0 heterocycles. The summed E-state index contributed by atoms with van der Waals surface area (Å²) >= 11 is 1.50. The number of carboxylic acid groups (broad SMARTS) is 1. The van der Waals surface area contributed by atoms with Crippen LogP contribution < -0.4 is 16.4 Å². The quantitative estimate of drug-likeness (QED) is 0.501. The Morgan fingerprint density at radius 2 is 1.95 bits per heavy atom. The summed E-state index contributed by atoms with van der Waals surface area (Å²) in [5, 5.41) is 13.7. The molecule has 0 aliphatic rings. The topological polar surface area (TPSA) is 122 Å². The van der Waals surface area contributed by atoms with Crippen molar-refractivity contribution in [3.05, 3.63) is 0 Å². The number of primary amides is 1. The lowest BCUT2D eigenvalue weighted by Crippen LogP contribution is -2.50. The fourth-order valence-corrected chi connectivity index (χ4v) is 1.56. The van der Waals surface area contributed by atoms with E-state index < -0.39 is 29.4 Å². The van der Waals surface area contributed by atoms with Crippen molar-refractivity contribution in [3.8, 4) is 0 Å². The Labute approximate surface area is 116 Å². The Balaban J connectivity index is 4.27. The fraction of sp³-hybridized carbons (Fsp3) is 0.727. The zero-order chi connectivity index (χ0) is 15.1. The molecule has 0 aromatic heterocycles. The molecule has 0 aromatic rings. The van der Waals surface area contributed by atoms with E-state index in [0.717, 1.165) is 0 Å². The highest BCUT2D eigenvalue weighted by Crippen LogP contribution is 2.11. The number of carbonyl (C=O) groups is 3. The summed E-state index contributed by atoms with van der Waals surface area (Å²) in [6.45, 7) is 3.24. The Kier molecular flexibility index (Phi) is 7.28. The van der Waals surface area contributed by atoms with E-state index in [4.69, 9.17) is 10.8 Å². The highest BCUT2D eigenvalue weighted by atomic mass is 32.2. The maximum Gasteiger partial charge on any atom is 0.326 e. The zero-order valence-electron chi connectivity index (χ0n) is 11.4. The van der Waals surface area contributed by atoms with Gasteiger partial charge < -0.3 is 21.5 Å². The lowest BCUT2D eigenvalue weighted by molar-refractivity contribution is -0.139. The van der Waals surface area contributed by atoms with Crippen LogP contribution >= 0.6 is 11.8 Å². The predicted molar refractivity (Wildman–Crippen MR) is 73.9 cm³/mol. The molecule has 5 N–H and O–H groups in total. The maximum atomic E-state index is 11.5. The molecule has 0 spiro atoms. The van der Waals surface area contributed by atoms with Gasteiger partial charge in [-0.15, -0.1) is 0 Å². The number of amides is 3. The van der Waals surface area contributed by atoms with E-state index in [1.807, 2.05) is 6.26 Å². The number of thioether (sulfide) groups is 1. The molecule has 7 nitrogen and oxygen atoms in total. The number of rotatable bonds is 8. The summed E-state index contributed by atoms with van der Waals surface area (Å²) in [7, 11) is 0. The van der Waals surface area contributed by atoms with Crippen molar-refractivity contribution in [2.75, 3.05) is 18.6 Å². The van der Waals surface area contributed by atoms with Gasteiger partial charge in [-0.05, 0) is 32.3 Å². The third kappa shape index (κ3) is 6.90. The number of nitrogens with two attached hydrogens (primary N) is 1. The van der Waals surface area contributed by atoms with Crippen LogP contribution in [0.5, 0.6) is 0 Å². The normalized spacial score (nSPS) is 12.6. The molecule has 0 saturated carbocycles. The van der Waals surface area contributed by atoms with Crippen LogP contribution in [0, 0.1) is 5.41 Å². The molecule has 3 amide bonds. The molecule has 8 heteroatoms. The molecule has 0 aliphatic heterocycles. The summed E-state index contributed by atoms with van der Waals surface area (Å²) in [6.07, 6.45) is 2.19. The van der Waals surface area contributed by atoms with Gasteiger partial charge in [-0.25, -0.2) is 9.59 Å². The first-order valence-electron chi connectivity index (χ1n) is 5.76. The lowest BCUT2D eigenvalue weighted by atomic mass is 9.93. The van der Waals surface area contributed by atoms with E-state index in [1.54, 1.807) is 13.8 Å². The van der Waals surface area contributed by atoms with Crippen molar-refractivity contribution in [2.24, 2.45) is 11.1 Å². The van der Waals surface area contributed by atoms with E-state index in [2.05, 4.69) is 10.6 Å². The van der Waals surface area contributed by atoms with Gasteiger partial charge in [0.1, 0.15) is 6.04 Å². The van der Waals surface area contributed by atoms with Crippen molar-refractivity contribution in [1.82, 2.24) is 10.6 Å². The number of carboxylic acids is 1. The second kappa shape index (κ2) is 7.88. The molecule has 0 fully saturated rings. The average molecular weight is 291 g/mol. The third-order valence-electron chi connectivity index (χ3n) is 2.57. The first kappa shape index (κ1) is 17.6. The van der Waals surface area contributed by atoms with Gasteiger partial charge in [0, 0.05) is 6.54 Å². The molecule has 19 heavy (non-hydrogen) atoms. The summed E-state index contributed by atoms with van der Waals surface area (Å²) in [6, 6.07) is -1.56. The number of hydrogen-bond acceptors (Lipinski definition) is 4. The molecule has 1 atom stereocenters. The number of urea groups is 1. The van der Waals surface area contributed by atoms with Gasteiger partial charge in [0.15, 0.2) is 0 Å². The Hall–Kier alpha value is -1.44. The molecule has 0 bridgehead atoms. The van der Waals surface area contributed by atoms with Crippen LogP contribution in [0.4, 0.5) is 4.79 Å². The second-order valence-corrected chi connectivity index (χ2v) is 5.73. The molecule has 0 aliphatic carbocycles. The molecule has 0 saturated heterocycles. The number of carbonyl (C=O) groups excluding carboxylic acids is 2. The Morgan fingerprint density at radius 3 is 2.37 bits per heavy atom. The van der Waals surface area contributed by atoms with Crippen molar-refractivity contribution in [1.29, 1.82) is 0 Å². The molecular weight excluding hydrogens is 270 g/mol. The minimum Gasteiger partial charge on any atom is -0.480 e. The Morgan fingerprint density at radius 1 is 1.37 bits per heavy atom. The number of aliphatic carboxylic acids is 1. The van der Waals surface area contributed by atoms with E-state index in [-0.39, 0.29) is 6.54 Å². The first-order valence-corrected chi connectivity index (χ1v) is 7.16. The van der Waals surface area contributed by atoms with Crippen molar-refractivity contribution in [2.45, 2.75) is 26.3 Å². The largest absolute Gasteiger partial charge is 0.480 e. The minimum atomic E-state index is -1.08. The van der Waals surface area contributed by atoms with Gasteiger partial charge in [-0.3, -0.25) is 4.79 Å². The van der Waals surface area contributed by atoms with Gasteiger partial charge in [-0.1, -0.05) is 0 Å². The smallest absolute Gasteiger partial charge is 0.326 e. The van der Waals surface area contributed by atoms with E-state index in [1.165, 1.54) is 11.8 Å². The van der Waals surface area contributed by atoms with Crippen LogP contribution in [0.3, 0.4) is 0 Å². The summed E-state index contributed by atoms with van der Waals surface area (Å²) in [5.41, 5.74) is 4.28. The van der Waals surface area contributed by atoms with E-state index >= 15 is 0 Å². The predicted octanol–water partition coefficient (Wildman–Crippen LogP) is 0.00340. The average Bonchev–Trinajstić information content (AvgIpc) is 2.31. The van der Waals surface area contributed by atoms with Crippen LogP contribution in [0.25, 0.3) is 0 Å². The molecule has 1 unspecified atom stereocenters. The third-order valence-corrected chi connectivity index (χ3v) is 3.22. The zero-order valence-corrected chi connectivity index (χ0v) is 12.2. The molecule has 0 rings (SSSR count). The minimum absolute atomic E-state index is 0.0447. The van der Waals surface area contributed by atoms with Gasteiger partial charge in [0.2, 0.25) is 5.91 Å². The molecule has 110 valence electrons. The Bertz CT molecular complexity index is 347. The highest BCUT2D eigenvalue weighted by molar-refractivity contribution is 7.98. The van der Waals surface area contributed by atoms with Crippen LogP contribution in [-0.2, 0) is 9.59 Å². The van der Waals surface area contributed by atoms with Gasteiger partial charge in [0.05, 0.1) is 5.41 Å². The van der Waals surface area contributed by atoms with E-state index in [0.29, 0.717) is 12.2 Å². The van der Waals surface area contributed by atoms with Crippen molar-refractivity contribution >= 4 is 29.7 Å². The standard InChI is InChI=1S/C11H21N3O4S/c1-11(2,9(12)17)6-13-10(18)14-7(8(15)16)4-5-19-3/h7H,4-6H2,1-3H3,(H2,12,17)(H,15,16)(H2,13,14,18). The number of hydrogen-bond donors (Lipinski definition) is 4. The van der Waals surface area contributed by atoms with Gasteiger partial charge in [-0.2, -0.15) is 11.8 Å². The monoisotopic (exact) mass is 291 g/mol. The molecule has 0 aromatic carbocycles. The van der Waals surface area contributed by atoms with Crippen LogP contribution in [0.15, 0.2) is 0 Å². The molecule has 0 radical (unpaired) electrons. The van der Waals surface area contributed by atoms with E-state index in [9.17, 15) is 14.4 Å². The van der Waals surface area contributed by atoms with Gasteiger partial charge in [0.25, 0.3) is 0 Å².